The maximum absolute atomic E-state index is 10.1. The van der Waals surface area contributed by atoms with Crippen LogP contribution in [0.4, 0.5) is 5.82 Å². The molecule has 1 heterocycles. The number of rotatable bonds is 3. The standard InChI is InChI=1S/C13H12Cl2N2O/c14-10-4-9(5-11(15)7-10)12(18)6-8-2-1-3-17-13(8)16/h1-5,7,12,18H,6H2,(H2,16,17). The molecule has 0 saturated carbocycles. The number of aromatic nitrogens is 1. The van der Waals surface area contributed by atoms with Crippen LogP contribution in [0.3, 0.4) is 0 Å². The molecule has 2 aromatic rings. The quantitative estimate of drug-likeness (QED) is 0.909. The number of anilines is 1. The number of nitrogens with zero attached hydrogens (tertiary/aromatic N) is 1. The molecule has 5 heteroatoms. The van der Waals surface area contributed by atoms with E-state index in [2.05, 4.69) is 4.98 Å². The maximum Gasteiger partial charge on any atom is 0.126 e. The van der Waals surface area contributed by atoms with E-state index in [1.54, 1.807) is 30.5 Å². The summed E-state index contributed by atoms with van der Waals surface area (Å²) in [6.45, 7) is 0. The molecule has 0 aliphatic carbocycles. The van der Waals surface area contributed by atoms with Gasteiger partial charge in [-0.25, -0.2) is 4.98 Å². The molecule has 1 aromatic carbocycles. The van der Waals surface area contributed by atoms with Gasteiger partial charge >= 0.3 is 0 Å². The van der Waals surface area contributed by atoms with Crippen molar-refractivity contribution >= 4 is 29.0 Å². The van der Waals surface area contributed by atoms with Crippen molar-refractivity contribution in [2.24, 2.45) is 0 Å². The summed E-state index contributed by atoms with van der Waals surface area (Å²) in [5, 5.41) is 11.1. The minimum atomic E-state index is -0.715. The monoisotopic (exact) mass is 282 g/mol. The second-order valence-corrected chi connectivity index (χ2v) is 4.84. The molecular weight excluding hydrogens is 271 g/mol. The van der Waals surface area contributed by atoms with Gasteiger partial charge in [-0.3, -0.25) is 0 Å². The van der Waals surface area contributed by atoms with Gasteiger partial charge in [-0.2, -0.15) is 0 Å². The summed E-state index contributed by atoms with van der Waals surface area (Å²) >= 11 is 11.8. The molecule has 0 aliphatic rings. The lowest BCUT2D eigenvalue weighted by Crippen LogP contribution is -2.05. The van der Waals surface area contributed by atoms with Crippen LogP contribution >= 0.6 is 23.2 Å². The summed E-state index contributed by atoms with van der Waals surface area (Å²) in [7, 11) is 0. The Hall–Kier alpha value is -1.29. The first-order valence-corrected chi connectivity index (χ1v) is 6.15. The van der Waals surface area contributed by atoms with Gasteiger partial charge in [0, 0.05) is 22.7 Å². The Bertz CT molecular complexity index is 540. The summed E-state index contributed by atoms with van der Waals surface area (Å²) in [5.41, 5.74) is 7.19. The zero-order valence-corrected chi connectivity index (χ0v) is 11.0. The molecule has 1 atom stereocenters. The predicted octanol–water partition coefficient (Wildman–Crippen LogP) is 3.25. The first kappa shape index (κ1) is 13.1. The minimum Gasteiger partial charge on any atom is -0.388 e. The number of hydrogen-bond donors (Lipinski definition) is 2. The number of halogens is 2. The number of nitrogens with two attached hydrogens (primary N) is 1. The highest BCUT2D eigenvalue weighted by atomic mass is 35.5. The number of benzene rings is 1. The molecule has 2 rings (SSSR count). The molecule has 1 aromatic heterocycles. The lowest BCUT2D eigenvalue weighted by atomic mass is 10.0. The predicted molar refractivity (Wildman–Crippen MR) is 73.8 cm³/mol. The van der Waals surface area contributed by atoms with Crippen LogP contribution in [-0.2, 0) is 6.42 Å². The van der Waals surface area contributed by atoms with E-state index in [-0.39, 0.29) is 0 Å². The average molecular weight is 283 g/mol. The van der Waals surface area contributed by atoms with E-state index in [0.717, 1.165) is 5.56 Å². The van der Waals surface area contributed by atoms with Gasteiger partial charge in [0.2, 0.25) is 0 Å². The third-order valence-corrected chi connectivity index (χ3v) is 3.05. The summed E-state index contributed by atoms with van der Waals surface area (Å²) in [6.07, 6.45) is 1.27. The highest BCUT2D eigenvalue weighted by Crippen LogP contribution is 2.26. The van der Waals surface area contributed by atoms with Gasteiger partial charge in [-0.05, 0) is 35.4 Å². The van der Waals surface area contributed by atoms with Crippen LogP contribution in [-0.4, -0.2) is 10.1 Å². The van der Waals surface area contributed by atoms with Crippen molar-refractivity contribution in [2.45, 2.75) is 12.5 Å². The van der Waals surface area contributed by atoms with Crippen molar-refractivity contribution in [3.8, 4) is 0 Å². The Morgan fingerprint density at radius 2 is 1.89 bits per heavy atom. The highest BCUT2D eigenvalue weighted by molar-refractivity contribution is 6.34. The third-order valence-electron chi connectivity index (χ3n) is 2.61. The van der Waals surface area contributed by atoms with Crippen LogP contribution in [0.25, 0.3) is 0 Å². The van der Waals surface area contributed by atoms with Crippen LogP contribution in [0.5, 0.6) is 0 Å². The Balaban J connectivity index is 2.22. The Morgan fingerprint density at radius 1 is 1.22 bits per heavy atom. The van der Waals surface area contributed by atoms with E-state index >= 15 is 0 Å². The van der Waals surface area contributed by atoms with Crippen molar-refractivity contribution in [2.75, 3.05) is 5.73 Å². The number of aliphatic hydroxyl groups is 1. The molecule has 0 bridgehead atoms. The van der Waals surface area contributed by atoms with E-state index in [1.165, 1.54) is 0 Å². The van der Waals surface area contributed by atoms with Crippen molar-refractivity contribution in [3.05, 3.63) is 57.7 Å². The molecule has 0 fully saturated rings. The van der Waals surface area contributed by atoms with Crippen LogP contribution in [0, 0.1) is 0 Å². The molecule has 0 radical (unpaired) electrons. The molecule has 0 aliphatic heterocycles. The Labute approximate surface area is 115 Å². The van der Waals surface area contributed by atoms with Crippen LogP contribution in [0.1, 0.15) is 17.2 Å². The maximum atomic E-state index is 10.1. The van der Waals surface area contributed by atoms with Crippen LogP contribution in [0.15, 0.2) is 36.5 Å². The normalized spacial score (nSPS) is 12.4. The summed E-state index contributed by atoms with van der Waals surface area (Å²) in [5.74, 6) is 0.421. The lowest BCUT2D eigenvalue weighted by Gasteiger charge is -2.13. The lowest BCUT2D eigenvalue weighted by molar-refractivity contribution is 0.178. The van der Waals surface area contributed by atoms with E-state index in [9.17, 15) is 5.11 Å². The fraction of sp³-hybridized carbons (Fsp3) is 0.154. The van der Waals surface area contributed by atoms with Gasteiger partial charge in [0.15, 0.2) is 0 Å². The van der Waals surface area contributed by atoms with Crippen molar-refractivity contribution in [1.82, 2.24) is 4.98 Å². The Kier molecular flexibility index (Phi) is 4.07. The van der Waals surface area contributed by atoms with Gasteiger partial charge in [0.1, 0.15) is 5.82 Å². The molecule has 94 valence electrons. The molecule has 18 heavy (non-hydrogen) atoms. The van der Waals surface area contributed by atoms with Crippen molar-refractivity contribution in [3.63, 3.8) is 0 Å². The smallest absolute Gasteiger partial charge is 0.126 e. The molecule has 1 unspecified atom stereocenters. The fourth-order valence-electron chi connectivity index (χ4n) is 1.72. The molecule has 3 N–H and O–H groups in total. The Morgan fingerprint density at radius 3 is 2.50 bits per heavy atom. The zero-order valence-electron chi connectivity index (χ0n) is 9.48. The van der Waals surface area contributed by atoms with E-state index in [4.69, 9.17) is 28.9 Å². The minimum absolute atomic E-state index is 0.371. The molecular formula is C13H12Cl2N2O. The first-order chi connectivity index (χ1) is 8.56. The highest BCUT2D eigenvalue weighted by Gasteiger charge is 2.12. The van der Waals surface area contributed by atoms with E-state index in [1.807, 2.05) is 6.07 Å². The second-order valence-electron chi connectivity index (χ2n) is 3.97. The van der Waals surface area contributed by atoms with Crippen LogP contribution in [0.2, 0.25) is 10.0 Å². The number of pyridine rings is 1. The first-order valence-electron chi connectivity index (χ1n) is 5.39. The van der Waals surface area contributed by atoms with Crippen LogP contribution < -0.4 is 5.73 Å². The number of hydrogen-bond acceptors (Lipinski definition) is 3. The van der Waals surface area contributed by atoms with Gasteiger partial charge in [0.05, 0.1) is 6.10 Å². The SMILES string of the molecule is Nc1ncccc1CC(O)c1cc(Cl)cc(Cl)c1. The summed E-state index contributed by atoms with van der Waals surface area (Å²) in [6, 6.07) is 8.61. The van der Waals surface area contributed by atoms with E-state index in [0.29, 0.717) is 27.8 Å². The van der Waals surface area contributed by atoms with Gasteiger partial charge in [0.25, 0.3) is 0 Å². The summed E-state index contributed by atoms with van der Waals surface area (Å²) in [4.78, 5) is 3.98. The molecule has 0 amide bonds. The largest absolute Gasteiger partial charge is 0.388 e. The third kappa shape index (κ3) is 3.13. The average Bonchev–Trinajstić information content (AvgIpc) is 2.31. The van der Waals surface area contributed by atoms with Crippen molar-refractivity contribution in [1.29, 1.82) is 0 Å². The fourth-order valence-corrected chi connectivity index (χ4v) is 2.26. The molecule has 0 saturated heterocycles. The van der Waals surface area contributed by atoms with Gasteiger partial charge < -0.3 is 10.8 Å². The van der Waals surface area contributed by atoms with Crippen molar-refractivity contribution < 1.29 is 5.11 Å². The van der Waals surface area contributed by atoms with Gasteiger partial charge in [-0.1, -0.05) is 29.3 Å². The number of aliphatic hydroxyl groups excluding tert-OH is 1. The molecule has 3 nitrogen and oxygen atoms in total. The second kappa shape index (κ2) is 5.57. The number of nitrogen functional groups attached to an aromatic ring is 1. The van der Waals surface area contributed by atoms with Gasteiger partial charge in [-0.15, -0.1) is 0 Å². The van der Waals surface area contributed by atoms with E-state index < -0.39 is 6.10 Å². The summed E-state index contributed by atoms with van der Waals surface area (Å²) < 4.78 is 0. The molecule has 0 spiro atoms. The zero-order chi connectivity index (χ0) is 13.1. The topological polar surface area (TPSA) is 59.1 Å².